The van der Waals surface area contributed by atoms with Gasteiger partial charge in [0.1, 0.15) is 5.75 Å². The third kappa shape index (κ3) is 3.87. The van der Waals surface area contributed by atoms with E-state index in [0.717, 1.165) is 0 Å². The number of halogens is 2. The van der Waals surface area contributed by atoms with Gasteiger partial charge in [-0.3, -0.25) is 4.79 Å². The van der Waals surface area contributed by atoms with Crippen LogP contribution in [0.1, 0.15) is 18.0 Å². The number of nitrogen functional groups attached to an aromatic ring is 1. The number of carboxylic acids is 1. The molecule has 0 spiro atoms. The standard InChI is InChI=1S/C10H12F2N2O3/c11-10(12)17-8-2-1-5(13)3-6(8)7(14)4-9(15)16/h1-3,7,10H,4,13-14H2,(H,15,16)/t7-/m0/s1. The molecule has 0 unspecified atom stereocenters. The second kappa shape index (κ2) is 5.44. The highest BCUT2D eigenvalue weighted by atomic mass is 19.3. The molecule has 94 valence electrons. The van der Waals surface area contributed by atoms with Crippen LogP contribution in [0.25, 0.3) is 0 Å². The van der Waals surface area contributed by atoms with Crippen LogP contribution in [0, 0.1) is 0 Å². The Hall–Kier alpha value is -1.89. The Kier molecular flexibility index (Phi) is 4.22. The van der Waals surface area contributed by atoms with Crippen molar-refractivity contribution in [3.8, 4) is 5.75 Å². The normalized spacial score (nSPS) is 12.5. The molecular formula is C10H12F2N2O3. The van der Waals surface area contributed by atoms with Crippen LogP contribution in [0.5, 0.6) is 5.75 Å². The van der Waals surface area contributed by atoms with Crippen LogP contribution in [-0.2, 0) is 4.79 Å². The van der Waals surface area contributed by atoms with E-state index in [1.54, 1.807) is 0 Å². The van der Waals surface area contributed by atoms with E-state index in [1.807, 2.05) is 0 Å². The summed E-state index contributed by atoms with van der Waals surface area (Å²) < 4.78 is 28.5. The van der Waals surface area contributed by atoms with Crippen molar-refractivity contribution < 1.29 is 23.4 Å². The van der Waals surface area contributed by atoms with Gasteiger partial charge < -0.3 is 21.3 Å². The lowest BCUT2D eigenvalue weighted by molar-refractivity contribution is -0.137. The summed E-state index contributed by atoms with van der Waals surface area (Å²) in [5, 5.41) is 8.59. The maximum atomic E-state index is 12.1. The fourth-order valence-corrected chi connectivity index (χ4v) is 1.36. The molecule has 1 atom stereocenters. The van der Waals surface area contributed by atoms with Gasteiger partial charge in [-0.15, -0.1) is 0 Å². The van der Waals surface area contributed by atoms with Crippen LogP contribution in [0.2, 0.25) is 0 Å². The van der Waals surface area contributed by atoms with Crippen molar-refractivity contribution in [3.05, 3.63) is 23.8 Å². The molecule has 0 aliphatic rings. The number of anilines is 1. The van der Waals surface area contributed by atoms with E-state index >= 15 is 0 Å². The molecule has 5 nitrogen and oxygen atoms in total. The van der Waals surface area contributed by atoms with Gasteiger partial charge in [0.2, 0.25) is 0 Å². The fourth-order valence-electron chi connectivity index (χ4n) is 1.36. The van der Waals surface area contributed by atoms with E-state index in [4.69, 9.17) is 16.6 Å². The van der Waals surface area contributed by atoms with E-state index in [-0.39, 0.29) is 11.3 Å². The minimum atomic E-state index is -3.01. The van der Waals surface area contributed by atoms with E-state index in [1.165, 1.54) is 18.2 Å². The SMILES string of the molecule is Nc1ccc(OC(F)F)c([C@@H](N)CC(=O)O)c1. The highest BCUT2D eigenvalue weighted by Crippen LogP contribution is 2.29. The molecule has 1 rings (SSSR count). The first kappa shape index (κ1) is 13.2. The number of nitrogens with two attached hydrogens (primary N) is 2. The maximum absolute atomic E-state index is 12.1. The average Bonchev–Trinajstić information content (AvgIpc) is 2.19. The van der Waals surface area contributed by atoms with Crippen molar-refractivity contribution in [3.63, 3.8) is 0 Å². The van der Waals surface area contributed by atoms with Crippen LogP contribution in [0.15, 0.2) is 18.2 Å². The van der Waals surface area contributed by atoms with E-state index in [9.17, 15) is 13.6 Å². The molecule has 7 heteroatoms. The zero-order chi connectivity index (χ0) is 13.0. The predicted molar refractivity (Wildman–Crippen MR) is 56.7 cm³/mol. The summed E-state index contributed by atoms with van der Waals surface area (Å²) in [6.07, 6.45) is -0.400. The summed E-state index contributed by atoms with van der Waals surface area (Å²) in [4.78, 5) is 10.5. The monoisotopic (exact) mass is 246 g/mol. The smallest absolute Gasteiger partial charge is 0.387 e. The molecule has 0 saturated heterocycles. The number of ether oxygens (including phenoxy) is 1. The van der Waals surface area contributed by atoms with Gasteiger partial charge in [0.25, 0.3) is 0 Å². The number of alkyl halides is 2. The van der Waals surface area contributed by atoms with Crippen LogP contribution >= 0.6 is 0 Å². The molecule has 0 saturated carbocycles. The van der Waals surface area contributed by atoms with Crippen LogP contribution in [0.3, 0.4) is 0 Å². The number of benzene rings is 1. The Morgan fingerprint density at radius 1 is 1.47 bits per heavy atom. The highest BCUT2D eigenvalue weighted by molar-refractivity contribution is 5.68. The Bertz CT molecular complexity index is 413. The van der Waals surface area contributed by atoms with Crippen molar-refractivity contribution in [1.29, 1.82) is 0 Å². The molecule has 17 heavy (non-hydrogen) atoms. The van der Waals surface area contributed by atoms with Crippen molar-refractivity contribution >= 4 is 11.7 Å². The van der Waals surface area contributed by atoms with Gasteiger partial charge in [-0.2, -0.15) is 8.78 Å². The number of carboxylic acid groups (broad SMARTS) is 1. The van der Waals surface area contributed by atoms with Gasteiger partial charge >= 0.3 is 12.6 Å². The summed E-state index contributed by atoms with van der Waals surface area (Å²) >= 11 is 0. The minimum Gasteiger partial charge on any atom is -0.481 e. The molecule has 0 heterocycles. The Labute approximate surface area is 96.0 Å². The lowest BCUT2D eigenvalue weighted by Crippen LogP contribution is -2.17. The molecule has 0 amide bonds. The summed E-state index contributed by atoms with van der Waals surface area (Å²) in [6, 6.07) is 2.98. The van der Waals surface area contributed by atoms with Crippen LogP contribution in [-0.4, -0.2) is 17.7 Å². The minimum absolute atomic E-state index is 0.146. The third-order valence-electron chi connectivity index (χ3n) is 2.04. The highest BCUT2D eigenvalue weighted by Gasteiger charge is 2.18. The first-order valence-electron chi connectivity index (χ1n) is 4.71. The number of aliphatic carboxylic acids is 1. The summed E-state index contributed by atoms with van der Waals surface area (Å²) in [6.45, 7) is -3.01. The van der Waals surface area contributed by atoms with Gasteiger partial charge in [0.05, 0.1) is 6.42 Å². The molecule has 0 radical (unpaired) electrons. The maximum Gasteiger partial charge on any atom is 0.387 e. The van der Waals surface area contributed by atoms with E-state index < -0.39 is 25.0 Å². The van der Waals surface area contributed by atoms with Crippen LogP contribution < -0.4 is 16.2 Å². The number of hydrogen-bond acceptors (Lipinski definition) is 4. The lowest BCUT2D eigenvalue weighted by Gasteiger charge is -2.15. The average molecular weight is 246 g/mol. The molecule has 0 aliphatic heterocycles. The second-order valence-corrected chi connectivity index (χ2v) is 3.38. The molecule has 0 bridgehead atoms. The van der Waals surface area contributed by atoms with Gasteiger partial charge in [-0.25, -0.2) is 0 Å². The molecule has 5 N–H and O–H groups in total. The van der Waals surface area contributed by atoms with Gasteiger partial charge in [0.15, 0.2) is 0 Å². The molecule has 1 aromatic rings. The van der Waals surface area contributed by atoms with Gasteiger partial charge in [-0.05, 0) is 18.2 Å². The van der Waals surface area contributed by atoms with E-state index in [2.05, 4.69) is 4.74 Å². The van der Waals surface area contributed by atoms with Crippen molar-refractivity contribution in [2.75, 3.05) is 5.73 Å². The molecule has 0 fully saturated rings. The molecule has 0 aliphatic carbocycles. The second-order valence-electron chi connectivity index (χ2n) is 3.38. The van der Waals surface area contributed by atoms with E-state index in [0.29, 0.717) is 5.69 Å². The first-order valence-corrected chi connectivity index (χ1v) is 4.71. The van der Waals surface area contributed by atoms with Crippen LogP contribution in [0.4, 0.5) is 14.5 Å². The number of rotatable bonds is 5. The molecule has 0 aromatic heterocycles. The van der Waals surface area contributed by atoms with Gasteiger partial charge in [-0.1, -0.05) is 0 Å². The zero-order valence-corrected chi connectivity index (χ0v) is 8.77. The van der Waals surface area contributed by atoms with Crippen molar-refractivity contribution in [2.45, 2.75) is 19.1 Å². The third-order valence-corrected chi connectivity index (χ3v) is 2.04. The topological polar surface area (TPSA) is 98.6 Å². The Morgan fingerprint density at radius 3 is 2.65 bits per heavy atom. The van der Waals surface area contributed by atoms with Gasteiger partial charge in [0, 0.05) is 17.3 Å². The summed E-state index contributed by atoms with van der Waals surface area (Å²) in [7, 11) is 0. The number of hydrogen-bond donors (Lipinski definition) is 3. The molecule has 1 aromatic carbocycles. The summed E-state index contributed by atoms with van der Waals surface area (Å²) in [5.41, 5.74) is 11.5. The van der Waals surface area contributed by atoms with Crippen molar-refractivity contribution in [2.24, 2.45) is 5.73 Å². The predicted octanol–water partition coefficient (Wildman–Crippen LogP) is 1.34. The Balaban J connectivity index is 3.01. The molecular weight excluding hydrogens is 234 g/mol. The summed E-state index contributed by atoms with van der Waals surface area (Å²) in [5.74, 6) is -1.30. The largest absolute Gasteiger partial charge is 0.481 e. The quantitative estimate of drug-likeness (QED) is 0.681. The lowest BCUT2D eigenvalue weighted by atomic mass is 10.0. The number of carbonyl (C=O) groups is 1. The Morgan fingerprint density at radius 2 is 2.12 bits per heavy atom. The fraction of sp³-hybridized carbons (Fsp3) is 0.300. The zero-order valence-electron chi connectivity index (χ0n) is 8.77. The van der Waals surface area contributed by atoms with Crippen molar-refractivity contribution in [1.82, 2.24) is 0 Å². The first-order chi connectivity index (χ1) is 7.90.